The number of pyridine rings is 1. The van der Waals surface area contributed by atoms with Crippen molar-refractivity contribution in [3.63, 3.8) is 0 Å². The van der Waals surface area contributed by atoms with Crippen LogP contribution >= 0.6 is 0 Å². The molecule has 0 unspecified atom stereocenters. The minimum absolute atomic E-state index is 0.246. The number of hydrogen-bond acceptors (Lipinski definition) is 6. The van der Waals surface area contributed by atoms with Crippen molar-refractivity contribution in [1.29, 1.82) is 4.78 Å². The first-order valence-corrected chi connectivity index (χ1v) is 8.71. The lowest BCUT2D eigenvalue weighted by molar-refractivity contribution is 0.309. The van der Waals surface area contributed by atoms with Gasteiger partial charge in [0.05, 0.1) is 7.11 Å². The topological polar surface area (TPSA) is 72.3 Å². The van der Waals surface area contributed by atoms with Crippen molar-refractivity contribution in [3.05, 3.63) is 65.9 Å². The molecule has 6 heteroatoms. The Hall–Kier alpha value is -2.60. The molecule has 24 heavy (non-hydrogen) atoms. The maximum atomic E-state index is 10.9. The van der Waals surface area contributed by atoms with Crippen LogP contribution in [-0.2, 0) is 27.2 Å². The van der Waals surface area contributed by atoms with Crippen LogP contribution in [0.4, 0.5) is 0 Å². The summed E-state index contributed by atoms with van der Waals surface area (Å²) in [6.45, 7) is 0.417. The van der Waals surface area contributed by atoms with Crippen molar-refractivity contribution >= 4 is 21.5 Å². The van der Waals surface area contributed by atoms with Gasteiger partial charge in [0.25, 0.3) is 0 Å². The van der Waals surface area contributed by atoms with Crippen molar-refractivity contribution in [3.8, 4) is 11.5 Å². The van der Waals surface area contributed by atoms with Gasteiger partial charge >= 0.3 is 0 Å². The maximum Gasteiger partial charge on any atom is 0.145 e. The predicted octanol–water partition coefficient (Wildman–Crippen LogP) is 4.05. The van der Waals surface area contributed by atoms with Gasteiger partial charge in [0, 0.05) is 11.6 Å². The molecule has 0 spiro atoms. The van der Waals surface area contributed by atoms with Crippen LogP contribution in [0.3, 0.4) is 0 Å². The molecule has 1 N–H and O–H groups in total. The molecule has 3 rings (SSSR count). The Morgan fingerprint density at radius 3 is 2.50 bits per heavy atom. The SMILES string of the molecule is COc1cccc2c(OCc3ccc(C[S-](=N)=O)cc3)ccnc12. The molecule has 2 aromatic carbocycles. The van der Waals surface area contributed by atoms with Gasteiger partial charge in [0.1, 0.15) is 23.6 Å². The Morgan fingerprint density at radius 1 is 1.04 bits per heavy atom. The quantitative estimate of drug-likeness (QED) is 0.687. The van der Waals surface area contributed by atoms with Crippen molar-refractivity contribution in [2.24, 2.45) is 0 Å². The summed E-state index contributed by atoms with van der Waals surface area (Å²) in [5.74, 6) is 1.71. The van der Waals surface area contributed by atoms with Crippen molar-refractivity contribution in [2.75, 3.05) is 7.11 Å². The van der Waals surface area contributed by atoms with E-state index < -0.39 is 10.6 Å². The van der Waals surface area contributed by atoms with Crippen LogP contribution in [0, 0.1) is 4.78 Å². The van der Waals surface area contributed by atoms with E-state index in [-0.39, 0.29) is 5.75 Å². The Morgan fingerprint density at radius 2 is 1.79 bits per heavy atom. The van der Waals surface area contributed by atoms with Gasteiger partial charge in [-0.1, -0.05) is 41.6 Å². The lowest BCUT2D eigenvalue weighted by Gasteiger charge is -2.11. The van der Waals surface area contributed by atoms with E-state index >= 15 is 0 Å². The van der Waals surface area contributed by atoms with Crippen LogP contribution in [0.5, 0.6) is 11.5 Å². The molecule has 0 bridgehead atoms. The fourth-order valence-electron chi connectivity index (χ4n) is 2.46. The molecular formula is C18H17N2O3S-. The summed E-state index contributed by atoms with van der Waals surface area (Å²) in [4.78, 5) is 4.36. The summed E-state index contributed by atoms with van der Waals surface area (Å²) in [6.07, 6.45) is 1.70. The third-order valence-electron chi connectivity index (χ3n) is 3.63. The molecule has 3 aromatic rings. The molecule has 0 aliphatic carbocycles. The summed E-state index contributed by atoms with van der Waals surface area (Å²) in [5, 5.41) is 0.901. The Kier molecular flexibility index (Phi) is 4.96. The number of hydrogen-bond donors (Lipinski definition) is 1. The monoisotopic (exact) mass is 341 g/mol. The highest BCUT2D eigenvalue weighted by atomic mass is 32.2. The van der Waals surface area contributed by atoms with Crippen molar-refractivity contribution < 1.29 is 13.7 Å². The second kappa shape index (κ2) is 7.31. The van der Waals surface area contributed by atoms with Gasteiger partial charge in [0.2, 0.25) is 0 Å². The highest BCUT2D eigenvalue weighted by Crippen LogP contribution is 2.30. The summed E-state index contributed by atoms with van der Waals surface area (Å²) >= 11 is 0. The van der Waals surface area contributed by atoms with Crippen molar-refractivity contribution in [1.82, 2.24) is 4.98 Å². The third-order valence-corrected chi connectivity index (χ3v) is 4.22. The van der Waals surface area contributed by atoms with Gasteiger partial charge in [-0.2, -0.15) is 10.6 Å². The standard InChI is InChI=1S/C18H17N2O3S/c1-22-17-4-2-3-15-16(9-10-20-18(15)17)23-11-13-5-7-14(8-6-13)12-24(19)21/h2-10,19H,11-12H2,1H3/q-1. The first-order valence-electron chi connectivity index (χ1n) is 7.39. The van der Waals surface area contributed by atoms with E-state index in [1.807, 2.05) is 48.5 Å². The smallest absolute Gasteiger partial charge is 0.145 e. The third kappa shape index (κ3) is 3.65. The largest absolute Gasteiger partial charge is 0.494 e. The molecule has 0 amide bonds. The number of rotatable bonds is 6. The van der Waals surface area contributed by atoms with Crippen LogP contribution in [0.2, 0.25) is 0 Å². The number of aromatic nitrogens is 1. The summed E-state index contributed by atoms with van der Waals surface area (Å²) in [6, 6.07) is 15.2. The van der Waals surface area contributed by atoms with Crippen LogP contribution in [0.1, 0.15) is 11.1 Å². The maximum absolute atomic E-state index is 10.9. The lowest BCUT2D eigenvalue weighted by atomic mass is 10.1. The van der Waals surface area contributed by atoms with Crippen molar-refractivity contribution in [2.45, 2.75) is 12.4 Å². The van der Waals surface area contributed by atoms with E-state index in [0.717, 1.165) is 27.8 Å². The molecule has 124 valence electrons. The van der Waals surface area contributed by atoms with Gasteiger partial charge < -0.3 is 18.5 Å². The number of para-hydroxylation sites is 1. The Labute approximate surface area is 142 Å². The highest BCUT2D eigenvalue weighted by Gasteiger charge is 2.07. The van der Waals surface area contributed by atoms with Crippen LogP contribution in [0.15, 0.2) is 54.7 Å². The zero-order chi connectivity index (χ0) is 16.9. The van der Waals surface area contributed by atoms with E-state index in [9.17, 15) is 4.21 Å². The number of fused-ring (bicyclic) bond motifs is 1. The molecule has 0 atom stereocenters. The van der Waals surface area contributed by atoms with E-state index in [0.29, 0.717) is 12.4 Å². The number of ether oxygens (including phenoxy) is 2. The summed E-state index contributed by atoms with van der Waals surface area (Å²) < 4.78 is 29.3. The van der Waals surface area contributed by atoms with Gasteiger partial charge in [-0.15, -0.1) is 0 Å². The van der Waals surface area contributed by atoms with E-state index in [4.69, 9.17) is 14.3 Å². The highest BCUT2D eigenvalue weighted by molar-refractivity contribution is 7.72. The Balaban J connectivity index is 1.78. The first-order chi connectivity index (χ1) is 11.7. The minimum Gasteiger partial charge on any atom is -0.494 e. The second-order valence-corrected chi connectivity index (χ2v) is 6.24. The molecule has 0 aliphatic rings. The normalized spacial score (nSPS) is 10.9. The fraction of sp³-hybridized carbons (Fsp3) is 0.167. The molecule has 5 nitrogen and oxygen atoms in total. The number of methoxy groups -OCH3 is 1. The zero-order valence-corrected chi connectivity index (χ0v) is 14.0. The molecule has 1 heterocycles. The van der Waals surface area contributed by atoms with E-state index in [1.165, 1.54) is 0 Å². The zero-order valence-electron chi connectivity index (χ0n) is 13.2. The van der Waals surface area contributed by atoms with Crippen LogP contribution in [-0.4, -0.2) is 12.1 Å². The second-order valence-electron chi connectivity index (χ2n) is 5.26. The molecule has 0 radical (unpaired) electrons. The van der Waals surface area contributed by atoms with Crippen LogP contribution < -0.4 is 9.47 Å². The van der Waals surface area contributed by atoms with Gasteiger partial charge in [-0.3, -0.25) is 4.98 Å². The van der Waals surface area contributed by atoms with Gasteiger partial charge in [-0.25, -0.2) is 0 Å². The van der Waals surface area contributed by atoms with Crippen LogP contribution in [0.25, 0.3) is 10.9 Å². The summed E-state index contributed by atoms with van der Waals surface area (Å²) in [7, 11) is 0.0448. The molecule has 0 fully saturated rings. The molecular weight excluding hydrogens is 324 g/mol. The summed E-state index contributed by atoms with van der Waals surface area (Å²) in [5.41, 5.74) is 2.65. The van der Waals surface area contributed by atoms with Gasteiger partial charge in [-0.05, 0) is 23.8 Å². The number of benzene rings is 2. The number of nitrogens with zero attached hydrogens (tertiary/aromatic N) is 1. The van der Waals surface area contributed by atoms with Gasteiger partial charge in [0.15, 0.2) is 0 Å². The number of nitrogens with one attached hydrogen (secondary N) is 1. The average Bonchev–Trinajstić information content (AvgIpc) is 2.60. The molecule has 0 saturated heterocycles. The van der Waals surface area contributed by atoms with E-state index in [1.54, 1.807) is 13.3 Å². The first kappa shape index (κ1) is 16.3. The fourth-order valence-corrected chi connectivity index (χ4v) is 2.95. The molecule has 0 aliphatic heterocycles. The predicted molar refractivity (Wildman–Crippen MR) is 93.5 cm³/mol. The minimum atomic E-state index is -1.58. The van der Waals surface area contributed by atoms with E-state index in [2.05, 4.69) is 4.98 Å². The molecule has 0 saturated carbocycles. The average molecular weight is 341 g/mol. The molecule has 1 aromatic heterocycles. The lowest BCUT2D eigenvalue weighted by Crippen LogP contribution is -1.97. The Bertz CT molecular complexity index is 913.